The number of carboxylic acid groups (broad SMARTS) is 1. The highest BCUT2D eigenvalue weighted by molar-refractivity contribution is 6.30. The molecule has 2 amide bonds. The van der Waals surface area contributed by atoms with Crippen LogP contribution in [-0.2, 0) is 4.79 Å². The number of urea groups is 1. The first-order valence-corrected chi connectivity index (χ1v) is 6.24. The SMILES string of the molecule is CC(C)(C)N(CC(=O)O)C(=O)Nc1ccc(Cl)c(F)c1. The fraction of sp³-hybridized carbons (Fsp3) is 0.385. The smallest absolute Gasteiger partial charge is 0.323 e. The van der Waals surface area contributed by atoms with Gasteiger partial charge in [-0.3, -0.25) is 4.79 Å². The Labute approximate surface area is 121 Å². The predicted octanol–water partition coefficient (Wildman–Crippen LogP) is 3.20. The molecule has 0 spiro atoms. The molecule has 110 valence electrons. The van der Waals surface area contributed by atoms with Gasteiger partial charge in [0.15, 0.2) is 0 Å². The minimum atomic E-state index is -1.13. The summed E-state index contributed by atoms with van der Waals surface area (Å²) in [5.74, 6) is -1.79. The van der Waals surface area contributed by atoms with E-state index >= 15 is 0 Å². The summed E-state index contributed by atoms with van der Waals surface area (Å²) in [4.78, 5) is 24.0. The van der Waals surface area contributed by atoms with Crippen LogP contribution in [0.3, 0.4) is 0 Å². The van der Waals surface area contributed by atoms with Crippen LogP contribution in [0.2, 0.25) is 5.02 Å². The van der Waals surface area contributed by atoms with Crippen molar-refractivity contribution in [3.8, 4) is 0 Å². The molecule has 2 N–H and O–H groups in total. The molecule has 1 aromatic carbocycles. The van der Waals surface area contributed by atoms with Gasteiger partial charge in [0.1, 0.15) is 12.4 Å². The third kappa shape index (κ3) is 4.38. The number of nitrogens with zero attached hydrogens (tertiary/aromatic N) is 1. The van der Waals surface area contributed by atoms with Gasteiger partial charge in [-0.05, 0) is 39.0 Å². The summed E-state index contributed by atoms with van der Waals surface area (Å²) in [6.07, 6.45) is 0. The highest BCUT2D eigenvalue weighted by Gasteiger charge is 2.28. The number of carboxylic acids is 1. The van der Waals surface area contributed by atoms with Gasteiger partial charge in [0.25, 0.3) is 0 Å². The molecule has 0 fully saturated rings. The number of hydrogen-bond acceptors (Lipinski definition) is 2. The fourth-order valence-electron chi connectivity index (χ4n) is 1.51. The summed E-state index contributed by atoms with van der Waals surface area (Å²) >= 11 is 5.55. The maximum atomic E-state index is 13.3. The van der Waals surface area contributed by atoms with Crippen molar-refractivity contribution >= 4 is 29.3 Å². The molecule has 0 aliphatic heterocycles. The average molecular weight is 303 g/mol. The van der Waals surface area contributed by atoms with Gasteiger partial charge in [0.05, 0.1) is 5.02 Å². The molecule has 0 aromatic heterocycles. The van der Waals surface area contributed by atoms with Crippen LogP contribution in [-0.4, -0.2) is 34.1 Å². The van der Waals surface area contributed by atoms with Crippen molar-refractivity contribution in [2.45, 2.75) is 26.3 Å². The van der Waals surface area contributed by atoms with Gasteiger partial charge in [-0.15, -0.1) is 0 Å². The predicted molar refractivity (Wildman–Crippen MR) is 74.5 cm³/mol. The van der Waals surface area contributed by atoms with Crippen molar-refractivity contribution in [1.29, 1.82) is 0 Å². The van der Waals surface area contributed by atoms with Gasteiger partial charge in [0, 0.05) is 11.2 Å². The number of carbonyl (C=O) groups is 2. The zero-order valence-corrected chi connectivity index (χ0v) is 12.2. The zero-order valence-electron chi connectivity index (χ0n) is 11.4. The second kappa shape index (κ2) is 6.09. The molecule has 1 rings (SSSR count). The second-order valence-electron chi connectivity index (χ2n) is 5.21. The lowest BCUT2D eigenvalue weighted by Crippen LogP contribution is -2.50. The van der Waals surface area contributed by atoms with Crippen LogP contribution in [0, 0.1) is 5.82 Å². The zero-order chi connectivity index (χ0) is 15.5. The van der Waals surface area contributed by atoms with Crippen molar-refractivity contribution in [2.75, 3.05) is 11.9 Å². The van der Waals surface area contributed by atoms with Crippen LogP contribution in [0.1, 0.15) is 20.8 Å². The van der Waals surface area contributed by atoms with E-state index in [1.807, 2.05) is 0 Å². The van der Waals surface area contributed by atoms with E-state index in [4.69, 9.17) is 16.7 Å². The molecule has 0 saturated heterocycles. The van der Waals surface area contributed by atoms with Gasteiger partial charge >= 0.3 is 12.0 Å². The summed E-state index contributed by atoms with van der Waals surface area (Å²) in [7, 11) is 0. The Kier molecular flexibility index (Phi) is 4.94. The van der Waals surface area contributed by atoms with Crippen molar-refractivity contribution in [3.63, 3.8) is 0 Å². The van der Waals surface area contributed by atoms with Gasteiger partial charge in [-0.25, -0.2) is 9.18 Å². The number of aliphatic carboxylic acids is 1. The Morgan fingerprint density at radius 3 is 2.45 bits per heavy atom. The maximum absolute atomic E-state index is 13.3. The molecule has 0 saturated carbocycles. The van der Waals surface area contributed by atoms with Crippen LogP contribution in [0.25, 0.3) is 0 Å². The Balaban J connectivity index is 2.90. The molecule has 0 bridgehead atoms. The number of amides is 2. The van der Waals surface area contributed by atoms with Crippen LogP contribution >= 0.6 is 11.6 Å². The molecule has 0 atom stereocenters. The van der Waals surface area contributed by atoms with Gasteiger partial charge in [-0.1, -0.05) is 11.6 Å². The number of halogens is 2. The lowest BCUT2D eigenvalue weighted by atomic mass is 10.1. The van der Waals surface area contributed by atoms with E-state index in [-0.39, 0.29) is 10.7 Å². The lowest BCUT2D eigenvalue weighted by molar-refractivity contribution is -0.138. The standard InChI is InChI=1S/C13H16ClFN2O3/c1-13(2,3)17(7-11(18)19)12(20)16-8-4-5-9(14)10(15)6-8/h4-6H,7H2,1-3H3,(H,16,20)(H,18,19). The minimum absolute atomic E-state index is 0.0544. The molecule has 0 heterocycles. The summed E-state index contributed by atoms with van der Waals surface area (Å²) in [5.41, 5.74) is -0.482. The van der Waals surface area contributed by atoms with Crippen molar-refractivity contribution in [3.05, 3.63) is 29.0 Å². The molecule has 20 heavy (non-hydrogen) atoms. The summed E-state index contributed by atoms with van der Waals surface area (Å²) in [6, 6.07) is 3.19. The number of anilines is 1. The number of benzene rings is 1. The molecule has 7 heteroatoms. The fourth-order valence-corrected chi connectivity index (χ4v) is 1.63. The molecule has 0 aliphatic rings. The van der Waals surface area contributed by atoms with E-state index in [0.29, 0.717) is 0 Å². The lowest BCUT2D eigenvalue weighted by Gasteiger charge is -2.34. The molecule has 5 nitrogen and oxygen atoms in total. The number of nitrogens with one attached hydrogen (secondary N) is 1. The minimum Gasteiger partial charge on any atom is -0.480 e. The van der Waals surface area contributed by atoms with E-state index in [9.17, 15) is 14.0 Å². The summed E-state index contributed by atoms with van der Waals surface area (Å²) in [5, 5.41) is 11.2. The van der Waals surface area contributed by atoms with Crippen LogP contribution in [0.15, 0.2) is 18.2 Å². The Morgan fingerprint density at radius 2 is 2.00 bits per heavy atom. The Bertz CT molecular complexity index is 529. The Morgan fingerprint density at radius 1 is 1.40 bits per heavy atom. The monoisotopic (exact) mass is 302 g/mol. The third-order valence-electron chi connectivity index (χ3n) is 2.52. The topological polar surface area (TPSA) is 69.6 Å². The van der Waals surface area contributed by atoms with Crippen molar-refractivity contribution in [1.82, 2.24) is 4.90 Å². The normalized spacial score (nSPS) is 11.1. The van der Waals surface area contributed by atoms with Gasteiger partial charge in [-0.2, -0.15) is 0 Å². The highest BCUT2D eigenvalue weighted by atomic mass is 35.5. The van der Waals surface area contributed by atoms with Gasteiger partial charge < -0.3 is 15.3 Å². The summed E-state index contributed by atoms with van der Waals surface area (Å²) in [6.45, 7) is 4.67. The molecule has 0 radical (unpaired) electrons. The summed E-state index contributed by atoms with van der Waals surface area (Å²) < 4.78 is 13.3. The first-order valence-electron chi connectivity index (χ1n) is 5.86. The van der Waals surface area contributed by atoms with E-state index in [0.717, 1.165) is 11.0 Å². The first-order chi connectivity index (χ1) is 9.11. The van der Waals surface area contributed by atoms with E-state index < -0.39 is 29.9 Å². The van der Waals surface area contributed by atoms with Gasteiger partial charge in [0.2, 0.25) is 0 Å². The molecule has 0 unspecified atom stereocenters. The Hall–Kier alpha value is -1.82. The first kappa shape index (κ1) is 16.2. The maximum Gasteiger partial charge on any atom is 0.323 e. The van der Waals surface area contributed by atoms with Crippen molar-refractivity contribution < 1.29 is 19.1 Å². The van der Waals surface area contributed by atoms with Crippen LogP contribution in [0.4, 0.5) is 14.9 Å². The number of carbonyl (C=O) groups excluding carboxylic acids is 1. The largest absolute Gasteiger partial charge is 0.480 e. The second-order valence-corrected chi connectivity index (χ2v) is 5.62. The molecule has 1 aromatic rings. The van der Waals surface area contributed by atoms with Crippen molar-refractivity contribution in [2.24, 2.45) is 0 Å². The quantitative estimate of drug-likeness (QED) is 0.901. The van der Waals surface area contributed by atoms with E-state index in [1.54, 1.807) is 20.8 Å². The van der Waals surface area contributed by atoms with Crippen LogP contribution in [0.5, 0.6) is 0 Å². The third-order valence-corrected chi connectivity index (χ3v) is 2.83. The molecular weight excluding hydrogens is 287 g/mol. The van der Waals surface area contributed by atoms with Crippen LogP contribution < -0.4 is 5.32 Å². The van der Waals surface area contributed by atoms with E-state index in [2.05, 4.69) is 5.32 Å². The molecular formula is C13H16ClFN2O3. The highest BCUT2D eigenvalue weighted by Crippen LogP contribution is 2.20. The average Bonchev–Trinajstić information content (AvgIpc) is 2.29. The number of hydrogen-bond donors (Lipinski definition) is 2. The number of rotatable bonds is 3. The van der Waals surface area contributed by atoms with E-state index in [1.165, 1.54) is 12.1 Å². The molecule has 0 aliphatic carbocycles.